The van der Waals surface area contributed by atoms with E-state index in [0.29, 0.717) is 12.8 Å². The zero-order valence-corrected chi connectivity index (χ0v) is 13.5. The molecule has 4 N–H and O–H groups in total. The maximum Gasteiger partial charge on any atom is 0.323 e. The number of hydrogen-bond donors (Lipinski definition) is 3. The van der Waals surface area contributed by atoms with Gasteiger partial charge in [0.15, 0.2) is 0 Å². The van der Waals surface area contributed by atoms with E-state index in [-0.39, 0.29) is 0 Å². The number of carboxylic acids is 1. The van der Waals surface area contributed by atoms with Crippen molar-refractivity contribution >= 4 is 5.97 Å². The van der Waals surface area contributed by atoms with Crippen LogP contribution in [0.4, 0.5) is 0 Å². The third kappa shape index (κ3) is 10.1. The van der Waals surface area contributed by atoms with Gasteiger partial charge in [-0.1, -0.05) is 58.8 Å². The van der Waals surface area contributed by atoms with E-state index in [1.165, 1.54) is 19.3 Å². The summed E-state index contributed by atoms with van der Waals surface area (Å²) in [7, 11) is 0. The van der Waals surface area contributed by atoms with Crippen molar-refractivity contribution in [2.45, 2.75) is 77.2 Å². The van der Waals surface area contributed by atoms with Crippen LogP contribution in [0, 0.1) is 0 Å². The molecule has 1 unspecified atom stereocenters. The van der Waals surface area contributed by atoms with E-state index in [4.69, 9.17) is 10.8 Å². The number of aromatic amines is 1. The van der Waals surface area contributed by atoms with Gasteiger partial charge in [-0.25, -0.2) is 4.98 Å². The van der Waals surface area contributed by atoms with E-state index < -0.39 is 11.5 Å². The molecule has 1 aromatic rings. The number of nitrogens with zero attached hydrogens (tertiary/aromatic N) is 1. The summed E-state index contributed by atoms with van der Waals surface area (Å²) in [5.74, 6) is -0.837. The standard InChI is InChI=1S/C13H27NO2.C3H4N2/c1-3-5-7-8-9-11-13(14,12(15)16)10-6-4-2;1-2-5-3-4-1/h3-11,14H2,1-2H3,(H,15,16);1-3H,(H,4,5). The number of nitrogens with two attached hydrogens (primary N) is 1. The Morgan fingerprint density at radius 3 is 2.19 bits per heavy atom. The smallest absolute Gasteiger partial charge is 0.323 e. The molecule has 0 bridgehead atoms. The van der Waals surface area contributed by atoms with Gasteiger partial charge < -0.3 is 15.8 Å². The van der Waals surface area contributed by atoms with E-state index in [0.717, 1.165) is 25.7 Å². The Morgan fingerprint density at radius 2 is 1.76 bits per heavy atom. The Bertz CT molecular complexity index is 324. The summed E-state index contributed by atoms with van der Waals surface area (Å²) in [4.78, 5) is 17.5. The van der Waals surface area contributed by atoms with Crippen LogP contribution >= 0.6 is 0 Å². The van der Waals surface area contributed by atoms with E-state index in [1.807, 2.05) is 0 Å². The van der Waals surface area contributed by atoms with Crippen LogP contribution in [0.2, 0.25) is 0 Å². The van der Waals surface area contributed by atoms with Crippen molar-refractivity contribution in [1.29, 1.82) is 0 Å². The van der Waals surface area contributed by atoms with Crippen LogP contribution in [-0.4, -0.2) is 26.6 Å². The van der Waals surface area contributed by atoms with Gasteiger partial charge in [-0.3, -0.25) is 4.79 Å². The molecule has 0 aliphatic carbocycles. The van der Waals surface area contributed by atoms with E-state index in [9.17, 15) is 4.79 Å². The number of hydrogen-bond acceptors (Lipinski definition) is 3. The van der Waals surface area contributed by atoms with Crippen molar-refractivity contribution < 1.29 is 9.90 Å². The van der Waals surface area contributed by atoms with Crippen LogP contribution < -0.4 is 5.73 Å². The van der Waals surface area contributed by atoms with Gasteiger partial charge in [-0.05, 0) is 12.8 Å². The highest BCUT2D eigenvalue weighted by Crippen LogP contribution is 2.20. The average Bonchev–Trinajstić information content (AvgIpc) is 3.04. The van der Waals surface area contributed by atoms with Gasteiger partial charge in [0.25, 0.3) is 0 Å². The van der Waals surface area contributed by atoms with Gasteiger partial charge in [0.1, 0.15) is 5.54 Å². The van der Waals surface area contributed by atoms with Gasteiger partial charge in [0.05, 0.1) is 6.33 Å². The van der Waals surface area contributed by atoms with Crippen LogP contribution in [0.1, 0.15) is 71.6 Å². The minimum Gasteiger partial charge on any atom is -0.480 e. The van der Waals surface area contributed by atoms with Crippen molar-refractivity contribution in [3.8, 4) is 0 Å². The van der Waals surface area contributed by atoms with Crippen LogP contribution in [0.25, 0.3) is 0 Å². The fourth-order valence-corrected chi connectivity index (χ4v) is 2.09. The fraction of sp³-hybridized carbons (Fsp3) is 0.750. The largest absolute Gasteiger partial charge is 0.480 e. The normalized spacial score (nSPS) is 13.1. The molecule has 1 atom stereocenters. The summed E-state index contributed by atoms with van der Waals surface area (Å²) >= 11 is 0. The number of unbranched alkanes of at least 4 members (excludes halogenated alkanes) is 5. The lowest BCUT2D eigenvalue weighted by molar-refractivity contribution is -0.144. The molecule has 0 saturated heterocycles. The van der Waals surface area contributed by atoms with Crippen LogP contribution in [0.5, 0.6) is 0 Å². The highest BCUT2D eigenvalue weighted by Gasteiger charge is 2.32. The quantitative estimate of drug-likeness (QED) is 0.574. The first-order valence-electron chi connectivity index (χ1n) is 8.01. The molecule has 0 amide bonds. The lowest BCUT2D eigenvalue weighted by Gasteiger charge is -2.24. The third-order valence-corrected chi connectivity index (χ3v) is 3.53. The number of aliphatic carboxylic acids is 1. The van der Waals surface area contributed by atoms with E-state index >= 15 is 0 Å². The first kappa shape index (κ1) is 19.6. The molecule has 21 heavy (non-hydrogen) atoms. The van der Waals surface area contributed by atoms with Gasteiger partial charge >= 0.3 is 5.97 Å². The van der Waals surface area contributed by atoms with Gasteiger partial charge in [-0.2, -0.15) is 0 Å². The molecule has 122 valence electrons. The maximum atomic E-state index is 11.1. The Hall–Kier alpha value is -1.36. The molecule has 0 aromatic carbocycles. The number of aromatic nitrogens is 2. The van der Waals surface area contributed by atoms with E-state index in [2.05, 4.69) is 23.8 Å². The van der Waals surface area contributed by atoms with Crippen molar-refractivity contribution in [2.24, 2.45) is 5.73 Å². The first-order chi connectivity index (χ1) is 10.1. The molecule has 1 rings (SSSR count). The molecule has 0 fully saturated rings. The molecule has 0 saturated carbocycles. The third-order valence-electron chi connectivity index (χ3n) is 3.53. The number of nitrogens with one attached hydrogen (secondary N) is 1. The maximum absolute atomic E-state index is 11.1. The summed E-state index contributed by atoms with van der Waals surface area (Å²) in [5.41, 5.74) is 4.96. The monoisotopic (exact) mass is 297 g/mol. The Labute approximate surface area is 128 Å². The van der Waals surface area contributed by atoms with Gasteiger partial charge in [-0.15, -0.1) is 0 Å². The second kappa shape index (κ2) is 12.4. The SMILES string of the molecule is CCCCCCCC(N)(CCCC)C(=O)O.c1c[nH]cn1. The molecular weight excluding hydrogens is 266 g/mol. The number of carboxylic acid groups (broad SMARTS) is 1. The van der Waals surface area contributed by atoms with Gasteiger partial charge in [0.2, 0.25) is 0 Å². The Kier molecular flexibility index (Phi) is 11.6. The highest BCUT2D eigenvalue weighted by molar-refractivity contribution is 5.78. The Balaban J connectivity index is 0.000000662. The zero-order valence-electron chi connectivity index (χ0n) is 13.5. The topological polar surface area (TPSA) is 92.0 Å². The summed E-state index contributed by atoms with van der Waals surface area (Å²) in [6, 6.07) is 0. The van der Waals surface area contributed by atoms with Crippen LogP contribution in [0.15, 0.2) is 18.7 Å². The minimum absolute atomic E-state index is 0.604. The average molecular weight is 297 g/mol. The number of carbonyl (C=O) groups is 1. The van der Waals surface area contributed by atoms with E-state index in [1.54, 1.807) is 18.7 Å². The lowest BCUT2D eigenvalue weighted by atomic mass is 9.88. The molecule has 1 aromatic heterocycles. The Morgan fingerprint density at radius 1 is 1.14 bits per heavy atom. The first-order valence-corrected chi connectivity index (χ1v) is 8.01. The highest BCUT2D eigenvalue weighted by atomic mass is 16.4. The van der Waals surface area contributed by atoms with Crippen molar-refractivity contribution in [1.82, 2.24) is 9.97 Å². The lowest BCUT2D eigenvalue weighted by Crippen LogP contribution is -2.47. The molecule has 5 nitrogen and oxygen atoms in total. The fourth-order valence-electron chi connectivity index (χ4n) is 2.09. The van der Waals surface area contributed by atoms with Crippen molar-refractivity contribution in [3.63, 3.8) is 0 Å². The van der Waals surface area contributed by atoms with Gasteiger partial charge in [0, 0.05) is 12.4 Å². The zero-order chi connectivity index (χ0) is 16.0. The summed E-state index contributed by atoms with van der Waals surface area (Å²) in [6.45, 7) is 4.23. The second-order valence-electron chi connectivity index (χ2n) is 5.49. The number of H-pyrrole nitrogens is 1. The molecule has 0 radical (unpaired) electrons. The number of rotatable bonds is 10. The molecule has 1 heterocycles. The van der Waals surface area contributed by atoms with Crippen LogP contribution in [-0.2, 0) is 4.79 Å². The summed E-state index contributed by atoms with van der Waals surface area (Å²) in [5, 5.41) is 9.14. The second-order valence-corrected chi connectivity index (χ2v) is 5.49. The van der Waals surface area contributed by atoms with Crippen LogP contribution in [0.3, 0.4) is 0 Å². The molecule has 5 heteroatoms. The molecule has 0 aliphatic heterocycles. The molecular formula is C16H31N3O2. The summed E-state index contributed by atoms with van der Waals surface area (Å²) < 4.78 is 0. The summed E-state index contributed by atoms with van der Waals surface area (Å²) in [6.07, 6.45) is 13.9. The van der Waals surface area contributed by atoms with Crippen molar-refractivity contribution in [3.05, 3.63) is 18.7 Å². The molecule has 0 spiro atoms. The van der Waals surface area contributed by atoms with Crippen molar-refractivity contribution in [2.75, 3.05) is 0 Å². The number of imidazole rings is 1. The minimum atomic E-state index is -0.984. The molecule has 0 aliphatic rings. The predicted molar refractivity (Wildman–Crippen MR) is 86.0 cm³/mol. The predicted octanol–water partition coefficient (Wildman–Crippen LogP) is 3.73.